The van der Waals surface area contributed by atoms with Crippen molar-refractivity contribution in [3.05, 3.63) is 60.3 Å². The van der Waals surface area contributed by atoms with Crippen LogP contribution in [-0.2, 0) is 16.4 Å². The fraction of sp³-hybridized carbons (Fsp3) is 0.308. The zero-order valence-corrected chi connectivity index (χ0v) is 22.0. The largest absolute Gasteiger partial charge is 0.494 e. The molecule has 5 rings (SSSR count). The van der Waals surface area contributed by atoms with Gasteiger partial charge in [0.2, 0.25) is 5.95 Å². The molecule has 1 aliphatic heterocycles. The lowest BCUT2D eigenvalue weighted by Crippen LogP contribution is -2.44. The number of sulfone groups is 1. The number of hydrogen-bond acceptors (Lipinski definition) is 9. The Morgan fingerprint density at radius 3 is 2.59 bits per heavy atom. The van der Waals surface area contributed by atoms with Crippen molar-refractivity contribution in [1.82, 2.24) is 19.9 Å². The summed E-state index contributed by atoms with van der Waals surface area (Å²) < 4.78 is 30.1. The minimum atomic E-state index is -3.35. The number of H-pyrrole nitrogens is 1. The minimum Gasteiger partial charge on any atom is -0.494 e. The number of aromatic amines is 1. The number of fused-ring (bicyclic) bond motifs is 1. The number of nitrogens with zero attached hydrogens (tertiary/aromatic N) is 4. The van der Waals surface area contributed by atoms with Gasteiger partial charge in [-0.1, -0.05) is 18.2 Å². The first-order chi connectivity index (χ1) is 17.8. The molecule has 1 aliphatic rings. The van der Waals surface area contributed by atoms with Gasteiger partial charge in [-0.25, -0.2) is 13.4 Å². The summed E-state index contributed by atoms with van der Waals surface area (Å²) in [6.07, 6.45) is 3.01. The first-order valence-electron chi connectivity index (χ1n) is 12.1. The molecule has 0 aliphatic carbocycles. The van der Waals surface area contributed by atoms with Gasteiger partial charge in [-0.05, 0) is 36.9 Å². The van der Waals surface area contributed by atoms with Gasteiger partial charge in [0, 0.05) is 56.9 Å². The van der Waals surface area contributed by atoms with E-state index in [-0.39, 0.29) is 6.54 Å². The van der Waals surface area contributed by atoms with Gasteiger partial charge in [0.15, 0.2) is 15.7 Å². The maximum Gasteiger partial charge on any atom is 0.229 e. The number of hydrogen-bond donors (Lipinski definition) is 3. The van der Waals surface area contributed by atoms with Crippen molar-refractivity contribution >= 4 is 44.0 Å². The van der Waals surface area contributed by atoms with E-state index in [4.69, 9.17) is 4.74 Å². The van der Waals surface area contributed by atoms with Crippen LogP contribution < -0.4 is 20.3 Å². The van der Waals surface area contributed by atoms with E-state index in [1.807, 2.05) is 24.3 Å². The highest BCUT2D eigenvalue weighted by Gasteiger charge is 2.18. The van der Waals surface area contributed by atoms with Crippen LogP contribution in [0.25, 0.3) is 11.0 Å². The monoisotopic (exact) mass is 521 g/mol. The van der Waals surface area contributed by atoms with Crippen LogP contribution in [0.4, 0.5) is 23.1 Å². The molecule has 10 nitrogen and oxygen atoms in total. The van der Waals surface area contributed by atoms with Crippen LogP contribution in [0.5, 0.6) is 5.75 Å². The van der Waals surface area contributed by atoms with E-state index < -0.39 is 9.84 Å². The summed E-state index contributed by atoms with van der Waals surface area (Å²) >= 11 is 0. The van der Waals surface area contributed by atoms with Gasteiger partial charge >= 0.3 is 0 Å². The van der Waals surface area contributed by atoms with Crippen molar-refractivity contribution in [3.63, 3.8) is 0 Å². The molecule has 2 aromatic carbocycles. The van der Waals surface area contributed by atoms with Gasteiger partial charge in [-0.15, -0.1) is 0 Å². The Morgan fingerprint density at radius 1 is 1.05 bits per heavy atom. The van der Waals surface area contributed by atoms with Crippen molar-refractivity contribution < 1.29 is 13.2 Å². The van der Waals surface area contributed by atoms with Crippen LogP contribution >= 0.6 is 0 Å². The molecular formula is C26H31N7O3S. The minimum absolute atomic E-state index is 0.289. The Kier molecular flexibility index (Phi) is 6.90. The number of methoxy groups -OCH3 is 1. The van der Waals surface area contributed by atoms with Gasteiger partial charge < -0.3 is 30.2 Å². The summed E-state index contributed by atoms with van der Waals surface area (Å²) in [6.45, 7) is 4.28. The molecule has 1 saturated heterocycles. The Balaban J connectivity index is 1.40. The van der Waals surface area contributed by atoms with Crippen molar-refractivity contribution in [1.29, 1.82) is 0 Å². The molecule has 0 radical (unpaired) electrons. The van der Waals surface area contributed by atoms with Crippen molar-refractivity contribution in [2.75, 3.05) is 62.1 Å². The third-order valence-electron chi connectivity index (χ3n) is 6.52. The molecule has 0 saturated carbocycles. The van der Waals surface area contributed by atoms with E-state index in [1.54, 1.807) is 31.5 Å². The second-order valence-corrected chi connectivity index (χ2v) is 11.2. The zero-order chi connectivity index (χ0) is 26.0. The molecule has 0 atom stereocenters. The van der Waals surface area contributed by atoms with E-state index in [2.05, 4.69) is 48.5 Å². The van der Waals surface area contributed by atoms with Crippen LogP contribution in [0, 0.1) is 0 Å². The average Bonchev–Trinajstić information content (AvgIpc) is 3.36. The predicted molar refractivity (Wildman–Crippen MR) is 147 cm³/mol. The molecule has 37 heavy (non-hydrogen) atoms. The maximum absolute atomic E-state index is 12.2. The quantitative estimate of drug-likeness (QED) is 0.320. The SMILES string of the molecule is COc1cc(N2CCN(C)CC2)ccc1Nc1nc(NCc2ccccc2S(C)(=O)=O)c2[nH]ccc2n1. The summed E-state index contributed by atoms with van der Waals surface area (Å²) in [6, 6.07) is 14.9. The van der Waals surface area contributed by atoms with Gasteiger partial charge in [-0.2, -0.15) is 4.98 Å². The third kappa shape index (κ3) is 5.47. The summed E-state index contributed by atoms with van der Waals surface area (Å²) in [5.41, 5.74) is 4.00. The second kappa shape index (κ2) is 10.3. The normalized spacial score (nSPS) is 14.6. The maximum atomic E-state index is 12.2. The highest BCUT2D eigenvalue weighted by molar-refractivity contribution is 7.90. The van der Waals surface area contributed by atoms with Crippen LogP contribution in [-0.4, -0.2) is 74.9 Å². The Labute approximate surface area is 216 Å². The van der Waals surface area contributed by atoms with E-state index in [0.29, 0.717) is 28.0 Å². The number of nitrogens with one attached hydrogen (secondary N) is 3. The lowest BCUT2D eigenvalue weighted by atomic mass is 10.2. The predicted octanol–water partition coefficient (Wildman–Crippen LogP) is 3.48. The molecule has 1 fully saturated rings. The molecule has 4 aromatic rings. The molecular weight excluding hydrogens is 490 g/mol. The smallest absolute Gasteiger partial charge is 0.229 e. The van der Waals surface area contributed by atoms with Gasteiger partial charge in [0.05, 0.1) is 23.2 Å². The summed E-state index contributed by atoms with van der Waals surface area (Å²) in [7, 11) is 0.435. The molecule has 194 valence electrons. The van der Waals surface area contributed by atoms with Gasteiger partial charge in [0.1, 0.15) is 11.3 Å². The van der Waals surface area contributed by atoms with Crippen molar-refractivity contribution in [2.24, 2.45) is 0 Å². The van der Waals surface area contributed by atoms with E-state index in [0.717, 1.165) is 48.6 Å². The molecule has 0 unspecified atom stereocenters. The summed E-state index contributed by atoms with van der Waals surface area (Å²) in [5, 5.41) is 6.58. The lowest BCUT2D eigenvalue weighted by molar-refractivity contribution is 0.312. The summed E-state index contributed by atoms with van der Waals surface area (Å²) in [4.78, 5) is 17.5. The van der Waals surface area contributed by atoms with E-state index in [9.17, 15) is 8.42 Å². The average molecular weight is 522 g/mol. The third-order valence-corrected chi connectivity index (χ3v) is 7.72. The topological polar surface area (TPSA) is 115 Å². The van der Waals surface area contributed by atoms with Crippen LogP contribution in [0.1, 0.15) is 5.56 Å². The number of piperazine rings is 1. The van der Waals surface area contributed by atoms with Gasteiger partial charge in [0.25, 0.3) is 0 Å². The highest BCUT2D eigenvalue weighted by atomic mass is 32.2. The first kappa shape index (κ1) is 24.8. The number of rotatable bonds is 8. The molecule has 2 aromatic heterocycles. The number of ether oxygens (including phenoxy) is 1. The Hall–Kier alpha value is -3.83. The fourth-order valence-corrected chi connectivity index (χ4v) is 5.43. The first-order valence-corrected chi connectivity index (χ1v) is 14.0. The molecule has 3 heterocycles. The molecule has 0 amide bonds. The van der Waals surface area contributed by atoms with Gasteiger partial charge in [-0.3, -0.25) is 0 Å². The van der Waals surface area contributed by atoms with Crippen molar-refractivity contribution in [2.45, 2.75) is 11.4 Å². The van der Waals surface area contributed by atoms with Crippen LogP contribution in [0.3, 0.4) is 0 Å². The standard InChI is InChI=1S/C26H31N7O3S/c1-32-12-14-33(15-13-32)19-8-9-20(22(16-19)36-2)29-26-30-21-10-11-27-24(21)25(31-26)28-17-18-6-4-5-7-23(18)37(3,34)35/h4-11,16,27H,12-15,17H2,1-3H3,(H2,28,29,30,31). The zero-order valence-electron chi connectivity index (χ0n) is 21.2. The lowest BCUT2D eigenvalue weighted by Gasteiger charge is -2.34. The van der Waals surface area contributed by atoms with E-state index >= 15 is 0 Å². The van der Waals surface area contributed by atoms with E-state index in [1.165, 1.54) is 6.26 Å². The second-order valence-electron chi connectivity index (χ2n) is 9.17. The number of aromatic nitrogens is 3. The molecule has 3 N–H and O–H groups in total. The summed E-state index contributed by atoms with van der Waals surface area (Å²) in [5.74, 6) is 1.66. The molecule has 0 spiro atoms. The number of benzene rings is 2. The van der Waals surface area contributed by atoms with Crippen LogP contribution in [0.15, 0.2) is 59.6 Å². The Bertz CT molecular complexity index is 1510. The fourth-order valence-electron chi connectivity index (χ4n) is 4.48. The van der Waals surface area contributed by atoms with Crippen LogP contribution in [0.2, 0.25) is 0 Å². The molecule has 0 bridgehead atoms. The number of anilines is 4. The molecule has 11 heteroatoms. The van der Waals surface area contributed by atoms with Crippen molar-refractivity contribution in [3.8, 4) is 5.75 Å². The highest BCUT2D eigenvalue weighted by Crippen LogP contribution is 2.33. The number of likely N-dealkylation sites (N-methyl/N-ethyl adjacent to an activating group) is 1. The Morgan fingerprint density at radius 2 is 1.84 bits per heavy atom.